The molecule has 0 aromatic carbocycles. The fraction of sp³-hybridized carbons (Fsp3) is 0. The zero-order valence-electron chi connectivity index (χ0n) is 13.4. The van der Waals surface area contributed by atoms with Gasteiger partial charge >= 0.3 is 62.4 Å². The third-order valence-corrected chi connectivity index (χ3v) is 0. The first-order valence-corrected chi connectivity index (χ1v) is 12.6. The van der Waals surface area contributed by atoms with Gasteiger partial charge in [-0.1, -0.05) is 0 Å². The zero-order chi connectivity index (χ0) is 27.0. The average molecular weight is 606 g/mol. The summed E-state index contributed by atoms with van der Waals surface area (Å²) in [5.41, 5.74) is 0. The van der Waals surface area contributed by atoms with Gasteiger partial charge in [0, 0.05) is 0 Å². The standard InChI is InChI=1S/H3N.6H2O4S/c;6*1-5(2,3)4/h1H3;6*(H2,1,2,3,4). The number of hydrogen-bond donors (Lipinski definition) is 13. The maximum Gasteiger partial charge on any atom is 0.394 e. The summed E-state index contributed by atoms with van der Waals surface area (Å²) in [6.07, 6.45) is 0. The fourth-order valence-corrected chi connectivity index (χ4v) is 0. The van der Waals surface area contributed by atoms with E-state index in [-0.39, 0.29) is 6.15 Å². The van der Waals surface area contributed by atoms with Gasteiger partial charge in [0.1, 0.15) is 0 Å². The lowest BCUT2D eigenvalue weighted by Crippen LogP contribution is -1.89. The molecule has 200 valence electrons. The Bertz CT molecular complexity index is 760. The van der Waals surface area contributed by atoms with Crippen LogP contribution >= 0.6 is 0 Å². The highest BCUT2D eigenvalue weighted by molar-refractivity contribution is 7.81. The molecule has 0 unspecified atom stereocenters. The van der Waals surface area contributed by atoms with Gasteiger partial charge in [0.05, 0.1) is 0 Å². The summed E-state index contributed by atoms with van der Waals surface area (Å²) >= 11 is 0. The van der Waals surface area contributed by atoms with E-state index >= 15 is 0 Å². The molecule has 31 heteroatoms. The summed E-state index contributed by atoms with van der Waals surface area (Å²) in [6.45, 7) is 0. The SMILES string of the molecule is N.O=S(=O)(O)O.O=S(=O)(O)O.O=S(=O)(O)O.O=S(=O)(O)O.O=S(=O)(O)O.O=S(=O)(O)O. The minimum Gasteiger partial charge on any atom is -0.344 e. The third-order valence-electron chi connectivity index (χ3n) is 0. The Labute approximate surface area is 173 Å². The topological polar surface area (TPSA) is 483 Å². The highest BCUT2D eigenvalue weighted by atomic mass is 32.3. The van der Waals surface area contributed by atoms with Crippen LogP contribution in [-0.4, -0.2) is 105 Å². The summed E-state index contributed by atoms with van der Waals surface area (Å²) in [7, 11) is -28.0. The smallest absolute Gasteiger partial charge is 0.344 e. The van der Waals surface area contributed by atoms with Crippen LogP contribution in [0.5, 0.6) is 0 Å². The van der Waals surface area contributed by atoms with Crippen molar-refractivity contribution in [3.05, 3.63) is 0 Å². The van der Waals surface area contributed by atoms with E-state index < -0.39 is 62.4 Å². The second kappa shape index (κ2) is 18.7. The van der Waals surface area contributed by atoms with Crippen molar-refractivity contribution >= 4 is 62.4 Å². The third kappa shape index (κ3) is 32100. The molecular weight excluding hydrogens is 590 g/mol. The Hall–Kier alpha value is -0.820. The van der Waals surface area contributed by atoms with Crippen LogP contribution < -0.4 is 6.15 Å². The maximum atomic E-state index is 8.74. The summed E-state index contributed by atoms with van der Waals surface area (Å²) in [5, 5.41) is 0. The number of hydrogen-bond acceptors (Lipinski definition) is 13. The Kier molecular flexibility index (Phi) is 28.9. The molecule has 0 saturated carbocycles. The van der Waals surface area contributed by atoms with Gasteiger partial charge in [0.15, 0.2) is 0 Å². The molecule has 0 bridgehead atoms. The van der Waals surface area contributed by atoms with E-state index in [4.69, 9.17) is 105 Å². The maximum absolute atomic E-state index is 8.74. The molecule has 0 aromatic rings. The summed E-state index contributed by atoms with van der Waals surface area (Å²) in [5.74, 6) is 0. The fourth-order valence-electron chi connectivity index (χ4n) is 0. The van der Waals surface area contributed by atoms with Crippen LogP contribution in [0.25, 0.3) is 0 Å². The molecule has 0 aromatic heterocycles. The van der Waals surface area contributed by atoms with Crippen LogP contribution in [0.3, 0.4) is 0 Å². The summed E-state index contributed by atoms with van der Waals surface area (Å²) in [6, 6.07) is 0. The van der Waals surface area contributed by atoms with E-state index in [0.717, 1.165) is 0 Å². The van der Waals surface area contributed by atoms with Gasteiger partial charge in [-0.2, -0.15) is 50.5 Å². The first-order chi connectivity index (χ1) is 12.0. The first kappa shape index (κ1) is 47.8. The van der Waals surface area contributed by atoms with Crippen molar-refractivity contribution < 1.29 is 105 Å². The van der Waals surface area contributed by atoms with E-state index in [0.29, 0.717) is 0 Å². The quantitative estimate of drug-likeness (QED) is 0.118. The molecule has 0 saturated heterocycles. The van der Waals surface area contributed by atoms with E-state index in [9.17, 15) is 0 Å². The molecule has 0 aliphatic rings. The highest BCUT2D eigenvalue weighted by Gasteiger charge is 1.86. The summed E-state index contributed by atoms with van der Waals surface area (Å²) < 4.78 is 190. The van der Waals surface area contributed by atoms with E-state index in [1.807, 2.05) is 0 Å². The Morgan fingerprint density at radius 3 is 0.226 bits per heavy atom. The molecule has 15 N–H and O–H groups in total. The average Bonchev–Trinajstić information content (AvgIpc) is 1.94. The van der Waals surface area contributed by atoms with Gasteiger partial charge in [-0.05, 0) is 0 Å². The molecule has 0 radical (unpaired) electrons. The Balaban J connectivity index is -0.0000000443. The van der Waals surface area contributed by atoms with Gasteiger partial charge in [-0.15, -0.1) is 0 Å². The lowest BCUT2D eigenvalue weighted by atomic mass is 14.0. The minimum absolute atomic E-state index is 0. The normalized spacial score (nSPS) is 11.2. The Morgan fingerprint density at radius 2 is 0.226 bits per heavy atom. The molecule has 0 rings (SSSR count). The van der Waals surface area contributed by atoms with Crippen molar-refractivity contribution in [1.29, 1.82) is 0 Å². The Morgan fingerprint density at radius 1 is 0.226 bits per heavy atom. The lowest BCUT2D eigenvalue weighted by Gasteiger charge is -1.68. The van der Waals surface area contributed by atoms with Gasteiger partial charge in [-0.3, -0.25) is 54.6 Å². The molecular formula is H15NO24S6. The van der Waals surface area contributed by atoms with Crippen molar-refractivity contribution in [1.82, 2.24) is 6.15 Å². The predicted molar refractivity (Wildman–Crippen MR) is 90.1 cm³/mol. The highest BCUT2D eigenvalue weighted by Crippen LogP contribution is 1.61. The second-order valence-electron chi connectivity index (χ2n) is 2.69. The summed E-state index contributed by atoms with van der Waals surface area (Å²) in [4.78, 5) is 0. The first-order valence-electron chi connectivity index (χ1n) is 4.19. The van der Waals surface area contributed by atoms with Crippen LogP contribution in [0.2, 0.25) is 0 Å². The zero-order valence-corrected chi connectivity index (χ0v) is 18.3. The van der Waals surface area contributed by atoms with Crippen molar-refractivity contribution in [2.75, 3.05) is 0 Å². The van der Waals surface area contributed by atoms with Gasteiger partial charge in [0.25, 0.3) is 0 Å². The van der Waals surface area contributed by atoms with Gasteiger partial charge < -0.3 is 6.15 Å². The number of rotatable bonds is 0. The monoisotopic (exact) mass is 605 g/mol. The van der Waals surface area contributed by atoms with Crippen molar-refractivity contribution in [3.63, 3.8) is 0 Å². The molecule has 0 amide bonds. The van der Waals surface area contributed by atoms with Crippen molar-refractivity contribution in [2.24, 2.45) is 0 Å². The second-order valence-corrected chi connectivity index (χ2v) is 8.06. The molecule has 0 atom stereocenters. The molecule has 31 heavy (non-hydrogen) atoms. The lowest BCUT2D eigenvalue weighted by molar-refractivity contribution is 0.378. The van der Waals surface area contributed by atoms with Crippen LogP contribution in [0.1, 0.15) is 0 Å². The van der Waals surface area contributed by atoms with Crippen LogP contribution in [0.4, 0.5) is 0 Å². The predicted octanol–water partition coefficient (Wildman–Crippen LogP) is -3.75. The molecule has 0 spiro atoms. The molecule has 25 nitrogen and oxygen atoms in total. The molecule has 0 heterocycles. The van der Waals surface area contributed by atoms with E-state index in [2.05, 4.69) is 0 Å². The minimum atomic E-state index is -4.67. The van der Waals surface area contributed by atoms with Crippen LogP contribution in [-0.2, 0) is 62.4 Å². The van der Waals surface area contributed by atoms with E-state index in [1.54, 1.807) is 0 Å². The molecule has 0 aliphatic heterocycles. The van der Waals surface area contributed by atoms with Gasteiger partial charge in [0.2, 0.25) is 0 Å². The van der Waals surface area contributed by atoms with Crippen LogP contribution in [0.15, 0.2) is 0 Å². The molecule has 0 aliphatic carbocycles. The van der Waals surface area contributed by atoms with Crippen molar-refractivity contribution in [3.8, 4) is 0 Å². The van der Waals surface area contributed by atoms with Gasteiger partial charge in [-0.25, -0.2) is 0 Å². The van der Waals surface area contributed by atoms with Crippen molar-refractivity contribution in [2.45, 2.75) is 0 Å². The largest absolute Gasteiger partial charge is 0.394 e. The van der Waals surface area contributed by atoms with E-state index in [1.165, 1.54) is 0 Å². The molecule has 0 fully saturated rings. The van der Waals surface area contributed by atoms with Crippen LogP contribution in [0, 0.1) is 0 Å².